The van der Waals surface area contributed by atoms with Gasteiger partial charge in [0.1, 0.15) is 95.9 Å². The van der Waals surface area contributed by atoms with Crippen molar-refractivity contribution in [2.45, 2.75) is 64.1 Å². The lowest BCUT2D eigenvalue weighted by Gasteiger charge is -2.21. The second kappa shape index (κ2) is 23.4. The number of carbonyl (C=O) groups is 8. The molecule has 2 aliphatic rings. The van der Waals surface area contributed by atoms with Crippen molar-refractivity contribution in [3.63, 3.8) is 0 Å². The predicted octanol–water partition coefficient (Wildman–Crippen LogP) is 3.88. The first kappa shape index (κ1) is 57.1. The highest BCUT2D eigenvalue weighted by Crippen LogP contribution is 2.41. The standard InChI is InChI=1S/C51H43N13O14S5/c1-5-23-46-59-28(15-81-46)41(70)55-24-10-33(67)50(74)77-11-21-7-6-8-31-34(21)18(2)38(64(31)76)51(75)78-12-25(56-42(71)29-16-82-47(24)60-29)48-57-26(13-80-48)36-22(45-58-30(14-79-45)43(72)63-35(20(4)65)44(73)54-23)9-32(66)37(62-36)49-61-27(17-83-49)40(69)53-19(3)39(52)68/h5-9,13-17,20,24-25,33,35,65-67,76H,3,10-12H2,1-2,4H3,(H2,52,68)(H,53,69)(H,54,73)(H,55,70)(H,56,71)(H,63,72)/b23-5-/t20-,24+,25+,33+,35+/m1/s1. The number of benzene rings is 1. The molecule has 2 aliphatic heterocycles. The van der Waals surface area contributed by atoms with Gasteiger partial charge < -0.3 is 62.3 Å². The first-order valence-electron chi connectivity index (χ1n) is 24.4. The highest BCUT2D eigenvalue weighted by atomic mass is 32.1. The lowest BCUT2D eigenvalue weighted by molar-refractivity contribution is -0.155. The number of nitrogens with two attached hydrogens (primary N) is 1. The Labute approximate surface area is 486 Å². The van der Waals surface area contributed by atoms with Crippen LogP contribution in [-0.2, 0) is 30.5 Å². The molecule has 5 atom stereocenters. The molecule has 9 heterocycles. The Morgan fingerprint density at radius 1 is 0.819 bits per heavy atom. The van der Waals surface area contributed by atoms with E-state index in [1.165, 1.54) is 59.0 Å². The second-order valence-electron chi connectivity index (χ2n) is 18.3. The lowest BCUT2D eigenvalue weighted by atomic mass is 10.1. The number of aromatic nitrogens is 7. The van der Waals surface area contributed by atoms with E-state index in [4.69, 9.17) is 25.2 Å². The first-order chi connectivity index (χ1) is 39.7. The van der Waals surface area contributed by atoms with Gasteiger partial charge in [0.25, 0.3) is 29.5 Å². The van der Waals surface area contributed by atoms with Gasteiger partial charge >= 0.3 is 11.9 Å². The zero-order valence-electron chi connectivity index (χ0n) is 43.1. The van der Waals surface area contributed by atoms with Crippen LogP contribution in [0.2, 0.25) is 0 Å². The van der Waals surface area contributed by atoms with Crippen LogP contribution in [0.3, 0.4) is 0 Å². The van der Waals surface area contributed by atoms with Crippen molar-refractivity contribution in [1.29, 1.82) is 0 Å². The minimum atomic E-state index is -1.91. The number of primary amides is 1. The topological polar surface area (TPSA) is 404 Å². The quantitative estimate of drug-likeness (QED) is 0.0664. The maximum absolute atomic E-state index is 14.4. The molecule has 0 radical (unpaired) electrons. The molecule has 0 unspecified atom stereocenters. The summed E-state index contributed by atoms with van der Waals surface area (Å²) in [6.45, 7) is 6.74. The molecular formula is C51H43N13O14S5. The van der Waals surface area contributed by atoms with Crippen LogP contribution in [0.15, 0.2) is 69.5 Å². The summed E-state index contributed by atoms with van der Waals surface area (Å²) in [6, 6.07) is 1.72. The smallest absolute Gasteiger partial charge is 0.358 e. The van der Waals surface area contributed by atoms with E-state index in [0.29, 0.717) is 15.7 Å². The van der Waals surface area contributed by atoms with Crippen molar-refractivity contribution < 1.29 is 68.4 Å². The number of fused-ring (bicyclic) bond motifs is 13. The molecule has 0 aliphatic carbocycles. The number of aliphatic hydroxyl groups excluding tert-OH is 2. The van der Waals surface area contributed by atoms with Crippen LogP contribution in [0.4, 0.5) is 0 Å². The van der Waals surface area contributed by atoms with Gasteiger partial charge in [-0.2, -0.15) is 4.73 Å². The molecule has 7 aromatic heterocycles. The number of pyridine rings is 1. The van der Waals surface area contributed by atoms with Gasteiger partial charge in [-0.3, -0.25) is 28.8 Å². The van der Waals surface area contributed by atoms with Crippen molar-refractivity contribution in [2.24, 2.45) is 5.73 Å². The fraction of sp³-hybridized carbons (Fsp3) is 0.216. The number of carbonyl (C=O) groups excluding carboxylic acids is 8. The number of esters is 2. The third-order valence-electron chi connectivity index (χ3n) is 12.7. The lowest BCUT2D eigenvalue weighted by Crippen LogP contribution is -2.52. The SMILES string of the molecule is C=C(NC(=O)c1csc(-c2nc3c(cc2O)-c2nc(cs2)C(=O)N[C@@H]([C@@H](C)O)C(=O)N/C(=C\C)c2nc(cs2)C(=O)N[C@H]2C[C@H](O)C(=O)OCc4cccc5c4c(C)c(n5O)C(=O)OC[C@H](NC(=O)c4csc2n4)c2nc-3cs2)n1)C(N)=O. The molecule has 426 valence electrons. The maximum Gasteiger partial charge on any atom is 0.358 e. The third kappa shape index (κ3) is 11.6. The zero-order chi connectivity index (χ0) is 59.1. The van der Waals surface area contributed by atoms with E-state index in [-0.39, 0.29) is 92.9 Å². The highest BCUT2D eigenvalue weighted by Gasteiger charge is 2.34. The molecule has 1 aromatic carbocycles. The number of nitrogens with one attached hydrogen (secondary N) is 5. The van der Waals surface area contributed by atoms with Crippen LogP contribution in [0.1, 0.15) is 111 Å². The zero-order valence-corrected chi connectivity index (χ0v) is 47.2. The first-order valence-corrected chi connectivity index (χ1v) is 28.8. The average Bonchev–Trinajstić information content (AvgIpc) is 4.15. The molecule has 32 heteroatoms. The molecule has 8 aromatic rings. The number of hydrogen-bond acceptors (Lipinski definition) is 25. The van der Waals surface area contributed by atoms with Gasteiger partial charge in [0.05, 0.1) is 29.1 Å². The normalized spacial score (nSPS) is 19.0. The number of nitrogens with zero attached hydrogens (tertiary/aromatic N) is 7. The number of rotatable bonds is 5. The van der Waals surface area contributed by atoms with Gasteiger partial charge in [-0.25, -0.2) is 39.5 Å². The number of amides is 6. The molecule has 0 saturated heterocycles. The molecule has 83 heavy (non-hydrogen) atoms. The Bertz CT molecular complexity index is 4040. The molecule has 6 amide bonds. The number of aliphatic hydroxyl groups is 2. The van der Waals surface area contributed by atoms with Crippen LogP contribution < -0.4 is 32.3 Å². The maximum atomic E-state index is 14.4. The van der Waals surface area contributed by atoms with Crippen molar-refractivity contribution in [3.8, 4) is 38.4 Å². The number of thiazole rings is 5. The van der Waals surface area contributed by atoms with Crippen LogP contribution >= 0.6 is 56.7 Å². The van der Waals surface area contributed by atoms with Gasteiger partial charge in [0.15, 0.2) is 11.8 Å². The van der Waals surface area contributed by atoms with Crippen LogP contribution in [0, 0.1) is 6.92 Å². The number of aryl methyl sites for hydroxylation is 1. The Morgan fingerprint density at radius 3 is 2.16 bits per heavy atom. The molecule has 0 fully saturated rings. The largest absolute Gasteiger partial charge is 0.506 e. The Hall–Kier alpha value is -9.18. The summed E-state index contributed by atoms with van der Waals surface area (Å²) in [5.41, 5.74) is 4.45. The van der Waals surface area contributed by atoms with Crippen molar-refractivity contribution >= 4 is 121 Å². The number of allylic oxidation sites excluding steroid dienone is 1. The Morgan fingerprint density at radius 2 is 1.45 bits per heavy atom. The number of cyclic esters (lactones) is 2. The summed E-state index contributed by atoms with van der Waals surface area (Å²) in [4.78, 5) is 136. The predicted molar refractivity (Wildman–Crippen MR) is 299 cm³/mol. The molecule has 12 bridgehead atoms. The van der Waals surface area contributed by atoms with Crippen LogP contribution in [0.5, 0.6) is 5.75 Å². The second-order valence-corrected chi connectivity index (χ2v) is 22.6. The van der Waals surface area contributed by atoms with Crippen LogP contribution in [0.25, 0.3) is 49.3 Å². The van der Waals surface area contributed by atoms with Crippen molar-refractivity contribution in [1.82, 2.24) is 61.2 Å². The van der Waals surface area contributed by atoms with Gasteiger partial charge in [-0.1, -0.05) is 24.8 Å². The van der Waals surface area contributed by atoms with E-state index >= 15 is 0 Å². The summed E-state index contributed by atoms with van der Waals surface area (Å²) in [5, 5.41) is 65.8. The summed E-state index contributed by atoms with van der Waals surface area (Å²) < 4.78 is 12.0. The Kier molecular flexibility index (Phi) is 16.1. The minimum Gasteiger partial charge on any atom is -0.506 e. The van der Waals surface area contributed by atoms with Crippen LogP contribution in [-0.4, -0.2) is 127 Å². The van der Waals surface area contributed by atoms with Crippen molar-refractivity contribution in [2.75, 3.05) is 6.61 Å². The molecular weight excluding hydrogens is 1180 g/mol. The van der Waals surface area contributed by atoms with E-state index in [9.17, 15) is 58.9 Å². The molecule has 10 rings (SSSR count). The number of ether oxygens (including phenoxy) is 2. The fourth-order valence-corrected chi connectivity index (χ4v) is 12.7. The number of aromatic hydroxyl groups is 1. The average molecular weight is 1220 g/mol. The molecule has 11 N–H and O–H groups in total. The number of hydrogen-bond donors (Lipinski definition) is 10. The monoisotopic (exact) mass is 1220 g/mol. The summed E-state index contributed by atoms with van der Waals surface area (Å²) in [6.07, 6.45) is -2.45. The van der Waals surface area contributed by atoms with Gasteiger partial charge in [-0.15, -0.1) is 56.7 Å². The third-order valence-corrected chi connectivity index (χ3v) is 17.3. The highest BCUT2D eigenvalue weighted by molar-refractivity contribution is 7.14. The summed E-state index contributed by atoms with van der Waals surface area (Å²) in [5.74, 6) is -7.95. The van der Waals surface area contributed by atoms with E-state index in [1.807, 2.05) is 0 Å². The Balaban J connectivity index is 1.12. The fourth-order valence-electron chi connectivity index (χ4n) is 8.57. The molecule has 27 nitrogen and oxygen atoms in total. The van der Waals surface area contributed by atoms with Gasteiger partial charge in [-0.05, 0) is 44.0 Å². The molecule has 0 spiro atoms. The van der Waals surface area contributed by atoms with E-state index in [0.717, 1.165) is 56.7 Å². The van der Waals surface area contributed by atoms with Gasteiger partial charge in [0.2, 0.25) is 5.91 Å². The van der Waals surface area contributed by atoms with E-state index in [1.54, 1.807) is 19.1 Å². The van der Waals surface area contributed by atoms with Gasteiger partial charge in [0, 0.05) is 44.3 Å². The van der Waals surface area contributed by atoms with Crippen molar-refractivity contribution in [3.05, 3.63) is 124 Å². The summed E-state index contributed by atoms with van der Waals surface area (Å²) in [7, 11) is 0. The molecule has 0 saturated carbocycles. The van der Waals surface area contributed by atoms with E-state index in [2.05, 4.69) is 53.1 Å². The minimum absolute atomic E-state index is 0.00467. The summed E-state index contributed by atoms with van der Waals surface area (Å²) >= 11 is 4.62. The van der Waals surface area contributed by atoms with E-state index < -0.39 is 109 Å².